The van der Waals surface area contributed by atoms with Gasteiger partial charge in [-0.3, -0.25) is 0 Å². The van der Waals surface area contributed by atoms with Gasteiger partial charge in [-0.15, -0.1) is 0 Å². The molecule has 2 nitrogen and oxygen atoms in total. The molecule has 3 aromatic rings. The highest BCUT2D eigenvalue weighted by atomic mass is 16.3. The number of fused-ring (bicyclic) bond motifs is 1. The Bertz CT molecular complexity index is 715. The van der Waals surface area contributed by atoms with Crippen molar-refractivity contribution in [2.45, 2.75) is 6.42 Å². The third-order valence-corrected chi connectivity index (χ3v) is 3.27. The lowest BCUT2D eigenvalue weighted by atomic mass is 10.0. The molecule has 0 aromatic heterocycles. The number of rotatable bonds is 2. The number of phenolic OH excluding ortho intramolecular Hbond substituents is 2. The Labute approximate surface area is 111 Å². The molecule has 0 aliphatic heterocycles. The van der Waals surface area contributed by atoms with Crippen LogP contribution in [0.15, 0.2) is 60.7 Å². The molecule has 0 aliphatic carbocycles. The second-order valence-corrected chi connectivity index (χ2v) is 4.68. The van der Waals surface area contributed by atoms with Crippen molar-refractivity contribution in [1.29, 1.82) is 0 Å². The van der Waals surface area contributed by atoms with E-state index in [1.807, 2.05) is 36.4 Å². The number of hydrogen-bond donors (Lipinski definition) is 2. The summed E-state index contributed by atoms with van der Waals surface area (Å²) >= 11 is 0. The van der Waals surface area contributed by atoms with E-state index in [0.717, 1.165) is 22.8 Å². The van der Waals surface area contributed by atoms with Gasteiger partial charge in [0.05, 0.1) is 0 Å². The van der Waals surface area contributed by atoms with Gasteiger partial charge in [0.15, 0.2) is 0 Å². The highest BCUT2D eigenvalue weighted by Crippen LogP contribution is 2.26. The van der Waals surface area contributed by atoms with Crippen molar-refractivity contribution in [3.63, 3.8) is 0 Å². The summed E-state index contributed by atoms with van der Waals surface area (Å²) in [5, 5.41) is 20.9. The van der Waals surface area contributed by atoms with Crippen LogP contribution in [0.3, 0.4) is 0 Å². The molecule has 0 amide bonds. The van der Waals surface area contributed by atoms with E-state index < -0.39 is 0 Å². The Morgan fingerprint density at radius 3 is 2.26 bits per heavy atom. The summed E-state index contributed by atoms with van der Waals surface area (Å²) in [6.07, 6.45) is 0.811. The Morgan fingerprint density at radius 1 is 0.737 bits per heavy atom. The predicted molar refractivity (Wildman–Crippen MR) is 76.5 cm³/mol. The summed E-state index contributed by atoms with van der Waals surface area (Å²) in [6, 6.07) is 18.8. The van der Waals surface area contributed by atoms with E-state index in [0.29, 0.717) is 5.75 Å². The zero-order valence-electron chi connectivity index (χ0n) is 10.4. The minimum Gasteiger partial charge on any atom is -0.508 e. The smallest absolute Gasteiger partial charge is 0.123 e. The van der Waals surface area contributed by atoms with E-state index in [1.54, 1.807) is 18.2 Å². The van der Waals surface area contributed by atoms with Gasteiger partial charge in [0.2, 0.25) is 0 Å². The zero-order valence-corrected chi connectivity index (χ0v) is 10.4. The third-order valence-electron chi connectivity index (χ3n) is 3.27. The molecule has 3 rings (SSSR count). The number of aromatic hydroxyl groups is 2. The molecule has 0 atom stereocenters. The van der Waals surface area contributed by atoms with Crippen LogP contribution in [0.1, 0.15) is 11.1 Å². The van der Waals surface area contributed by atoms with Crippen molar-refractivity contribution in [1.82, 2.24) is 0 Å². The SMILES string of the molecule is Oc1ccc(Cc2ccc3c(O)cccc3c2)cc1. The lowest BCUT2D eigenvalue weighted by molar-refractivity contribution is 0.475. The van der Waals surface area contributed by atoms with Crippen LogP contribution in [-0.2, 0) is 6.42 Å². The molecule has 0 unspecified atom stereocenters. The van der Waals surface area contributed by atoms with Crippen LogP contribution in [0.2, 0.25) is 0 Å². The van der Waals surface area contributed by atoms with Crippen LogP contribution in [0.5, 0.6) is 11.5 Å². The maximum atomic E-state index is 9.75. The first kappa shape index (κ1) is 11.6. The van der Waals surface area contributed by atoms with Crippen LogP contribution >= 0.6 is 0 Å². The normalized spacial score (nSPS) is 10.7. The highest BCUT2D eigenvalue weighted by molar-refractivity contribution is 5.88. The van der Waals surface area contributed by atoms with Gasteiger partial charge in [-0.05, 0) is 41.1 Å². The van der Waals surface area contributed by atoms with Crippen LogP contribution in [0.25, 0.3) is 10.8 Å². The van der Waals surface area contributed by atoms with Crippen LogP contribution in [-0.4, -0.2) is 10.2 Å². The van der Waals surface area contributed by atoms with Gasteiger partial charge in [-0.25, -0.2) is 0 Å². The Balaban J connectivity index is 1.95. The van der Waals surface area contributed by atoms with E-state index in [1.165, 1.54) is 5.56 Å². The molecule has 3 aromatic carbocycles. The van der Waals surface area contributed by atoms with E-state index >= 15 is 0 Å². The Hall–Kier alpha value is -2.48. The number of phenols is 2. The topological polar surface area (TPSA) is 40.5 Å². The van der Waals surface area contributed by atoms with E-state index in [4.69, 9.17) is 0 Å². The molecule has 0 bridgehead atoms. The molecule has 19 heavy (non-hydrogen) atoms. The summed E-state index contributed by atoms with van der Waals surface area (Å²) < 4.78 is 0. The molecule has 0 saturated carbocycles. The summed E-state index contributed by atoms with van der Waals surface area (Å²) in [7, 11) is 0. The first-order valence-electron chi connectivity index (χ1n) is 6.21. The van der Waals surface area contributed by atoms with Gasteiger partial charge in [-0.1, -0.05) is 42.5 Å². The van der Waals surface area contributed by atoms with Gasteiger partial charge >= 0.3 is 0 Å². The van der Waals surface area contributed by atoms with Crippen LogP contribution < -0.4 is 0 Å². The van der Waals surface area contributed by atoms with Gasteiger partial charge in [0.1, 0.15) is 11.5 Å². The maximum Gasteiger partial charge on any atom is 0.123 e. The molecule has 0 fully saturated rings. The average Bonchev–Trinajstić information content (AvgIpc) is 2.42. The third kappa shape index (κ3) is 2.38. The van der Waals surface area contributed by atoms with E-state index in [9.17, 15) is 10.2 Å². The van der Waals surface area contributed by atoms with E-state index in [2.05, 4.69) is 6.07 Å². The van der Waals surface area contributed by atoms with Crippen molar-refractivity contribution in [3.8, 4) is 11.5 Å². The van der Waals surface area contributed by atoms with E-state index in [-0.39, 0.29) is 5.75 Å². The van der Waals surface area contributed by atoms with Gasteiger partial charge < -0.3 is 10.2 Å². The molecule has 2 N–H and O–H groups in total. The fraction of sp³-hybridized carbons (Fsp3) is 0.0588. The molecule has 2 heteroatoms. The van der Waals surface area contributed by atoms with Crippen molar-refractivity contribution >= 4 is 10.8 Å². The summed E-state index contributed by atoms with van der Waals surface area (Å²) in [6.45, 7) is 0. The lowest BCUT2D eigenvalue weighted by Crippen LogP contribution is -1.88. The van der Waals surface area contributed by atoms with Crippen molar-refractivity contribution < 1.29 is 10.2 Å². The number of benzene rings is 3. The first-order valence-corrected chi connectivity index (χ1v) is 6.21. The Kier molecular flexibility index (Phi) is 2.84. The summed E-state index contributed by atoms with van der Waals surface area (Å²) in [5.41, 5.74) is 2.33. The molecule has 0 saturated heterocycles. The quantitative estimate of drug-likeness (QED) is 0.725. The minimum atomic E-state index is 0.284. The second kappa shape index (κ2) is 4.65. The second-order valence-electron chi connectivity index (χ2n) is 4.68. The van der Waals surface area contributed by atoms with Crippen LogP contribution in [0.4, 0.5) is 0 Å². The fourth-order valence-corrected chi connectivity index (χ4v) is 2.28. The van der Waals surface area contributed by atoms with Crippen molar-refractivity contribution in [2.24, 2.45) is 0 Å². The molecule has 94 valence electrons. The largest absolute Gasteiger partial charge is 0.508 e. The van der Waals surface area contributed by atoms with Crippen LogP contribution in [0, 0.1) is 0 Å². The fourth-order valence-electron chi connectivity index (χ4n) is 2.28. The van der Waals surface area contributed by atoms with Gasteiger partial charge in [0, 0.05) is 5.39 Å². The first-order chi connectivity index (χ1) is 9.22. The standard InChI is InChI=1S/C17H14O2/c18-15-7-4-12(5-8-15)10-13-6-9-16-14(11-13)2-1-3-17(16)19/h1-9,11,18-19H,10H2. The van der Waals surface area contributed by atoms with Crippen molar-refractivity contribution in [3.05, 3.63) is 71.8 Å². The molecular weight excluding hydrogens is 236 g/mol. The molecule has 0 spiro atoms. The number of hydrogen-bond acceptors (Lipinski definition) is 2. The average molecular weight is 250 g/mol. The maximum absolute atomic E-state index is 9.75. The monoisotopic (exact) mass is 250 g/mol. The highest BCUT2D eigenvalue weighted by Gasteiger charge is 2.02. The van der Waals surface area contributed by atoms with Crippen molar-refractivity contribution in [2.75, 3.05) is 0 Å². The molecule has 0 heterocycles. The Morgan fingerprint density at radius 2 is 1.47 bits per heavy atom. The molecule has 0 aliphatic rings. The zero-order chi connectivity index (χ0) is 13.2. The summed E-state index contributed by atoms with van der Waals surface area (Å²) in [4.78, 5) is 0. The predicted octanol–water partition coefficient (Wildman–Crippen LogP) is 3.84. The van der Waals surface area contributed by atoms with Gasteiger partial charge in [-0.2, -0.15) is 0 Å². The summed E-state index contributed by atoms with van der Waals surface area (Å²) in [5.74, 6) is 0.598. The minimum absolute atomic E-state index is 0.284. The molecular formula is C17H14O2. The van der Waals surface area contributed by atoms with Gasteiger partial charge in [0.25, 0.3) is 0 Å². The molecule has 0 radical (unpaired) electrons. The lowest BCUT2D eigenvalue weighted by Gasteiger charge is -2.05.